The van der Waals surface area contributed by atoms with Crippen LogP contribution >= 0.6 is 31.9 Å². The molecule has 0 aliphatic rings. The van der Waals surface area contributed by atoms with Gasteiger partial charge in [0.1, 0.15) is 0 Å². The first-order valence-electron chi connectivity index (χ1n) is 4.44. The Morgan fingerprint density at radius 3 is 2.21 bits per heavy atom. The third kappa shape index (κ3) is 3.05. The maximum Gasteiger partial charge on any atom is 0.0941 e. The summed E-state index contributed by atoms with van der Waals surface area (Å²) in [5.74, 6) is 0. The summed E-state index contributed by atoms with van der Waals surface area (Å²) < 4.78 is 1.87. The highest BCUT2D eigenvalue weighted by Gasteiger charge is 2.15. The van der Waals surface area contributed by atoms with Gasteiger partial charge in [-0.1, -0.05) is 38.8 Å². The number of benzene rings is 1. The Labute approximate surface area is 101 Å². The van der Waals surface area contributed by atoms with Crippen LogP contribution in [0.3, 0.4) is 0 Å². The maximum absolute atomic E-state index is 9.87. The van der Waals surface area contributed by atoms with Crippen molar-refractivity contribution in [1.82, 2.24) is 0 Å². The molecule has 0 spiro atoms. The van der Waals surface area contributed by atoms with Crippen LogP contribution in [-0.4, -0.2) is 11.1 Å². The van der Waals surface area contributed by atoms with Crippen molar-refractivity contribution in [1.29, 1.82) is 0 Å². The van der Waals surface area contributed by atoms with Crippen molar-refractivity contribution < 1.29 is 5.11 Å². The highest BCUT2D eigenvalue weighted by molar-refractivity contribution is 9.11. The average Bonchev–Trinajstić information content (AvgIpc) is 2.14. The van der Waals surface area contributed by atoms with Crippen LogP contribution in [0.5, 0.6) is 0 Å². The first-order valence-corrected chi connectivity index (χ1v) is 6.02. The second-order valence-electron chi connectivity index (χ2n) is 3.22. The van der Waals surface area contributed by atoms with Gasteiger partial charge in [-0.2, -0.15) is 0 Å². The topological polar surface area (TPSA) is 46.2 Å². The van der Waals surface area contributed by atoms with Crippen LogP contribution in [0.1, 0.15) is 25.0 Å². The van der Waals surface area contributed by atoms with E-state index in [4.69, 9.17) is 5.73 Å². The van der Waals surface area contributed by atoms with Crippen molar-refractivity contribution in [2.45, 2.75) is 25.5 Å². The van der Waals surface area contributed by atoms with Gasteiger partial charge in [0.15, 0.2) is 0 Å². The van der Waals surface area contributed by atoms with Gasteiger partial charge in [0.05, 0.1) is 6.10 Å². The molecule has 0 saturated heterocycles. The molecule has 1 aromatic carbocycles. The third-order valence-electron chi connectivity index (χ3n) is 2.10. The lowest BCUT2D eigenvalue weighted by molar-refractivity contribution is 0.144. The van der Waals surface area contributed by atoms with E-state index in [1.54, 1.807) is 0 Å². The summed E-state index contributed by atoms with van der Waals surface area (Å²) in [4.78, 5) is 0. The Balaban J connectivity index is 2.94. The van der Waals surface area contributed by atoms with Crippen molar-refractivity contribution in [3.63, 3.8) is 0 Å². The molecule has 2 unspecified atom stereocenters. The second kappa shape index (κ2) is 5.26. The van der Waals surface area contributed by atoms with Gasteiger partial charge in [-0.25, -0.2) is 0 Å². The number of rotatable bonds is 3. The second-order valence-corrected chi connectivity index (χ2v) is 5.05. The van der Waals surface area contributed by atoms with E-state index in [0.29, 0.717) is 0 Å². The lowest BCUT2D eigenvalue weighted by atomic mass is 10.0. The average molecular weight is 323 g/mol. The zero-order chi connectivity index (χ0) is 10.7. The Kier molecular flexibility index (Phi) is 4.57. The summed E-state index contributed by atoms with van der Waals surface area (Å²) in [5, 5.41) is 9.87. The molecule has 78 valence electrons. The molecule has 0 heterocycles. The molecule has 4 heteroatoms. The fourth-order valence-electron chi connectivity index (χ4n) is 1.22. The molecular formula is C10H13Br2NO. The van der Waals surface area contributed by atoms with Crippen molar-refractivity contribution >= 4 is 31.9 Å². The number of hydrogen-bond donors (Lipinski definition) is 2. The van der Waals surface area contributed by atoms with Crippen LogP contribution in [0, 0.1) is 0 Å². The molecule has 0 fully saturated rings. The smallest absolute Gasteiger partial charge is 0.0941 e. The van der Waals surface area contributed by atoms with E-state index in [-0.39, 0.29) is 6.04 Å². The minimum Gasteiger partial charge on any atom is -0.387 e. The summed E-state index contributed by atoms with van der Waals surface area (Å²) in [6, 6.07) is 5.47. The molecule has 2 atom stereocenters. The molecule has 0 saturated carbocycles. The first-order chi connectivity index (χ1) is 6.54. The highest BCUT2D eigenvalue weighted by atomic mass is 79.9. The van der Waals surface area contributed by atoms with E-state index in [9.17, 15) is 5.11 Å². The molecular weight excluding hydrogens is 310 g/mol. The van der Waals surface area contributed by atoms with Crippen LogP contribution in [-0.2, 0) is 0 Å². The Hall–Kier alpha value is 0.1000. The van der Waals surface area contributed by atoms with Crippen LogP contribution in [0.15, 0.2) is 27.1 Å². The van der Waals surface area contributed by atoms with Gasteiger partial charge in [-0.05, 0) is 30.2 Å². The van der Waals surface area contributed by atoms with Crippen molar-refractivity contribution in [3.05, 3.63) is 32.7 Å². The molecule has 1 aromatic rings. The normalized spacial score (nSPS) is 15.2. The lowest BCUT2D eigenvalue weighted by Crippen LogP contribution is -2.27. The Morgan fingerprint density at radius 1 is 1.29 bits per heavy atom. The molecule has 1 rings (SSSR count). The van der Waals surface area contributed by atoms with Crippen LogP contribution in [0.25, 0.3) is 0 Å². The van der Waals surface area contributed by atoms with E-state index >= 15 is 0 Å². The molecule has 0 aliphatic carbocycles. The largest absolute Gasteiger partial charge is 0.387 e. The van der Waals surface area contributed by atoms with Gasteiger partial charge in [-0.15, -0.1) is 0 Å². The SMILES string of the molecule is CCC(N)C(O)c1cc(Br)cc(Br)c1. The van der Waals surface area contributed by atoms with Gasteiger partial charge in [0, 0.05) is 15.0 Å². The van der Waals surface area contributed by atoms with Crippen molar-refractivity contribution in [3.8, 4) is 0 Å². The van der Waals surface area contributed by atoms with E-state index in [1.165, 1.54) is 0 Å². The number of nitrogens with two attached hydrogens (primary N) is 1. The summed E-state index contributed by atoms with van der Waals surface area (Å²) in [6.07, 6.45) is 0.152. The predicted molar refractivity (Wildman–Crippen MR) is 65.1 cm³/mol. The number of halogens is 2. The van der Waals surface area contributed by atoms with Crippen LogP contribution in [0.2, 0.25) is 0 Å². The van der Waals surface area contributed by atoms with Crippen LogP contribution < -0.4 is 5.73 Å². The first kappa shape index (κ1) is 12.2. The molecule has 0 radical (unpaired) electrons. The predicted octanol–water partition coefficient (Wildman–Crippen LogP) is 2.98. The molecule has 0 bridgehead atoms. The van der Waals surface area contributed by atoms with Gasteiger partial charge in [0.2, 0.25) is 0 Å². The maximum atomic E-state index is 9.87. The number of aliphatic hydroxyl groups is 1. The molecule has 0 aliphatic heterocycles. The fourth-order valence-corrected chi connectivity index (χ4v) is 2.55. The molecule has 2 nitrogen and oxygen atoms in total. The van der Waals surface area contributed by atoms with Gasteiger partial charge in [-0.3, -0.25) is 0 Å². The third-order valence-corrected chi connectivity index (χ3v) is 3.02. The van der Waals surface area contributed by atoms with Gasteiger partial charge in [0.25, 0.3) is 0 Å². The monoisotopic (exact) mass is 321 g/mol. The zero-order valence-corrected chi connectivity index (χ0v) is 11.0. The number of aliphatic hydroxyl groups excluding tert-OH is 1. The minimum absolute atomic E-state index is 0.212. The quantitative estimate of drug-likeness (QED) is 0.898. The minimum atomic E-state index is -0.603. The van der Waals surface area contributed by atoms with E-state index in [1.807, 2.05) is 25.1 Å². The van der Waals surface area contributed by atoms with Gasteiger partial charge >= 0.3 is 0 Å². The van der Waals surface area contributed by atoms with Crippen molar-refractivity contribution in [2.75, 3.05) is 0 Å². The fraction of sp³-hybridized carbons (Fsp3) is 0.400. The van der Waals surface area contributed by atoms with E-state index in [2.05, 4.69) is 31.9 Å². The number of hydrogen-bond acceptors (Lipinski definition) is 2. The summed E-state index contributed by atoms with van der Waals surface area (Å²) in [6.45, 7) is 1.96. The molecule has 0 amide bonds. The standard InChI is InChI=1S/C10H13Br2NO/c1-2-9(13)10(14)6-3-7(11)5-8(12)4-6/h3-5,9-10,14H,2,13H2,1H3. The summed E-state index contributed by atoms with van der Waals surface area (Å²) >= 11 is 6.74. The summed E-state index contributed by atoms with van der Waals surface area (Å²) in [7, 11) is 0. The lowest BCUT2D eigenvalue weighted by Gasteiger charge is -2.17. The molecule has 14 heavy (non-hydrogen) atoms. The summed E-state index contributed by atoms with van der Waals surface area (Å²) in [5.41, 5.74) is 6.60. The van der Waals surface area contributed by atoms with E-state index < -0.39 is 6.10 Å². The Bertz CT molecular complexity index is 297. The van der Waals surface area contributed by atoms with E-state index in [0.717, 1.165) is 20.9 Å². The Morgan fingerprint density at radius 2 is 1.79 bits per heavy atom. The molecule has 0 aromatic heterocycles. The van der Waals surface area contributed by atoms with Gasteiger partial charge < -0.3 is 10.8 Å². The van der Waals surface area contributed by atoms with Crippen molar-refractivity contribution in [2.24, 2.45) is 5.73 Å². The molecule has 3 N–H and O–H groups in total. The zero-order valence-electron chi connectivity index (χ0n) is 7.87. The highest BCUT2D eigenvalue weighted by Crippen LogP contribution is 2.25. The van der Waals surface area contributed by atoms with Crippen LogP contribution in [0.4, 0.5) is 0 Å².